The fourth-order valence-electron chi connectivity index (χ4n) is 3.85. The second-order valence-electron chi connectivity index (χ2n) is 7.54. The maximum Gasteiger partial charge on any atom is 0.245 e. The minimum Gasteiger partial charge on any atom is -0.373 e. The molecule has 0 bridgehead atoms. The second kappa shape index (κ2) is 7.86. The number of benzene rings is 2. The van der Waals surface area contributed by atoms with Gasteiger partial charge in [-0.25, -0.2) is 13.0 Å². The van der Waals surface area contributed by atoms with Gasteiger partial charge in [0.25, 0.3) is 0 Å². The monoisotopic (exact) mass is 456 g/mol. The third-order valence-corrected chi connectivity index (χ3v) is 8.12. The van der Waals surface area contributed by atoms with Gasteiger partial charge in [0.2, 0.25) is 10.0 Å². The highest BCUT2D eigenvalue weighted by Gasteiger charge is 2.34. The lowest BCUT2D eigenvalue weighted by atomic mass is 10.2. The van der Waals surface area contributed by atoms with Crippen molar-refractivity contribution in [3.05, 3.63) is 48.7 Å². The van der Waals surface area contributed by atoms with Crippen molar-refractivity contribution < 1.29 is 17.8 Å². The predicted octanol–water partition coefficient (Wildman–Crippen LogP) is 3.72. The Balaban J connectivity index is 1.55. The second-order valence-corrected chi connectivity index (χ2v) is 10.5. The topological polar surface area (TPSA) is 98.4 Å². The van der Waals surface area contributed by atoms with Crippen molar-refractivity contribution >= 4 is 43.7 Å². The van der Waals surface area contributed by atoms with E-state index in [0.717, 1.165) is 20.7 Å². The largest absolute Gasteiger partial charge is 0.373 e. The third kappa shape index (κ3) is 3.69. The fourth-order valence-corrected chi connectivity index (χ4v) is 6.58. The van der Waals surface area contributed by atoms with Crippen LogP contribution in [0.1, 0.15) is 13.8 Å². The van der Waals surface area contributed by atoms with E-state index in [2.05, 4.69) is 15.3 Å². The number of fused-ring (bicyclic) bond motifs is 2. The molecule has 2 atom stereocenters. The summed E-state index contributed by atoms with van der Waals surface area (Å²) in [4.78, 5) is 6.26. The summed E-state index contributed by atoms with van der Waals surface area (Å²) in [6, 6.07) is 13.2. The van der Waals surface area contributed by atoms with Gasteiger partial charge in [-0.2, -0.15) is 4.31 Å². The van der Waals surface area contributed by atoms with Gasteiger partial charge in [0.1, 0.15) is 4.90 Å². The number of hydrogen-bond donors (Lipinski definition) is 0. The first-order valence-corrected chi connectivity index (χ1v) is 12.1. The molecule has 10 heteroatoms. The molecule has 2 unspecified atom stereocenters. The van der Waals surface area contributed by atoms with Crippen molar-refractivity contribution in [2.75, 3.05) is 13.1 Å². The van der Waals surface area contributed by atoms with Crippen molar-refractivity contribution in [3.63, 3.8) is 0 Å². The number of aromatic nitrogens is 3. The number of sulfonamides is 1. The molecule has 1 saturated heterocycles. The van der Waals surface area contributed by atoms with E-state index in [0.29, 0.717) is 5.52 Å². The van der Waals surface area contributed by atoms with E-state index in [1.165, 1.54) is 16.1 Å². The Labute approximate surface area is 183 Å². The lowest BCUT2D eigenvalue weighted by molar-refractivity contribution is -0.0440. The van der Waals surface area contributed by atoms with Crippen LogP contribution in [0.15, 0.2) is 68.0 Å². The number of nitrogens with zero attached hydrogens (tertiary/aromatic N) is 4. The van der Waals surface area contributed by atoms with Crippen LogP contribution in [0.5, 0.6) is 0 Å². The van der Waals surface area contributed by atoms with Crippen molar-refractivity contribution in [1.29, 1.82) is 0 Å². The van der Waals surface area contributed by atoms with Crippen LogP contribution < -0.4 is 0 Å². The maximum absolute atomic E-state index is 13.4. The number of para-hydroxylation sites is 1. The van der Waals surface area contributed by atoms with Gasteiger partial charge < -0.3 is 4.74 Å². The quantitative estimate of drug-likeness (QED) is 0.458. The number of morpholine rings is 1. The Morgan fingerprint density at radius 2 is 1.65 bits per heavy atom. The SMILES string of the molecule is CC1CN(S(=O)(=O)c2ccc(Sc3cccc4cccnc34)c3nonc23)CC(C)O1. The van der Waals surface area contributed by atoms with Crippen LogP contribution in [-0.2, 0) is 14.8 Å². The van der Waals surface area contributed by atoms with E-state index in [9.17, 15) is 8.42 Å². The molecule has 0 amide bonds. The fraction of sp³-hybridized carbons (Fsp3) is 0.286. The Bertz CT molecular complexity index is 1360. The molecule has 3 heterocycles. The molecule has 4 aromatic rings. The molecule has 0 aliphatic carbocycles. The zero-order valence-corrected chi connectivity index (χ0v) is 18.6. The molecule has 1 aliphatic rings. The minimum atomic E-state index is -3.78. The summed E-state index contributed by atoms with van der Waals surface area (Å²) in [5.74, 6) is 0. The highest BCUT2D eigenvalue weighted by molar-refractivity contribution is 7.99. The summed E-state index contributed by atoms with van der Waals surface area (Å²) in [5, 5.41) is 8.96. The lowest BCUT2D eigenvalue weighted by Gasteiger charge is -2.34. The molecule has 0 N–H and O–H groups in total. The van der Waals surface area contributed by atoms with Crippen LogP contribution in [0.4, 0.5) is 0 Å². The molecule has 2 aromatic carbocycles. The Kier molecular flexibility index (Phi) is 5.17. The molecule has 1 fully saturated rings. The molecular weight excluding hydrogens is 436 g/mol. The lowest BCUT2D eigenvalue weighted by Crippen LogP contribution is -2.48. The number of rotatable bonds is 4. The maximum atomic E-state index is 13.4. The highest BCUT2D eigenvalue weighted by Crippen LogP contribution is 2.38. The average Bonchev–Trinajstić information content (AvgIpc) is 3.23. The zero-order chi connectivity index (χ0) is 21.6. The molecule has 1 aliphatic heterocycles. The van der Waals surface area contributed by atoms with Gasteiger partial charge >= 0.3 is 0 Å². The minimum absolute atomic E-state index is 0.0884. The summed E-state index contributed by atoms with van der Waals surface area (Å²) < 4.78 is 38.8. The Morgan fingerprint density at radius 1 is 0.935 bits per heavy atom. The van der Waals surface area contributed by atoms with Crippen molar-refractivity contribution in [3.8, 4) is 0 Å². The van der Waals surface area contributed by atoms with Crippen molar-refractivity contribution in [1.82, 2.24) is 19.6 Å². The summed E-state index contributed by atoms with van der Waals surface area (Å²) in [7, 11) is -3.78. The van der Waals surface area contributed by atoms with Gasteiger partial charge in [-0.15, -0.1) is 0 Å². The van der Waals surface area contributed by atoms with Crippen molar-refractivity contribution in [2.45, 2.75) is 40.7 Å². The molecule has 0 spiro atoms. The molecule has 2 aromatic heterocycles. The first kappa shape index (κ1) is 20.4. The molecule has 0 saturated carbocycles. The summed E-state index contributed by atoms with van der Waals surface area (Å²) in [6.45, 7) is 4.31. The van der Waals surface area contributed by atoms with Gasteiger partial charge in [-0.1, -0.05) is 30.0 Å². The Hall–Kier alpha value is -2.53. The molecule has 8 nitrogen and oxygen atoms in total. The molecular formula is C21H20N4O4S2. The van der Waals surface area contributed by atoms with Crippen LogP contribution >= 0.6 is 11.8 Å². The first-order valence-electron chi connectivity index (χ1n) is 9.86. The highest BCUT2D eigenvalue weighted by atomic mass is 32.2. The molecule has 5 rings (SSSR count). The van der Waals surface area contributed by atoms with Gasteiger partial charge in [-0.05, 0) is 48.4 Å². The first-order chi connectivity index (χ1) is 14.9. The van der Waals surface area contributed by atoms with Crippen LogP contribution in [0.25, 0.3) is 21.9 Å². The number of hydrogen-bond acceptors (Lipinski definition) is 8. The van der Waals surface area contributed by atoms with Crippen LogP contribution in [0.3, 0.4) is 0 Å². The zero-order valence-electron chi connectivity index (χ0n) is 16.9. The van der Waals surface area contributed by atoms with E-state index < -0.39 is 10.0 Å². The number of pyridine rings is 1. The van der Waals surface area contributed by atoms with Crippen LogP contribution in [0, 0.1) is 0 Å². The predicted molar refractivity (Wildman–Crippen MR) is 116 cm³/mol. The summed E-state index contributed by atoms with van der Waals surface area (Å²) in [5.41, 5.74) is 1.51. The Morgan fingerprint density at radius 3 is 2.45 bits per heavy atom. The van der Waals surface area contributed by atoms with Gasteiger partial charge in [0, 0.05) is 34.5 Å². The van der Waals surface area contributed by atoms with E-state index in [1.54, 1.807) is 18.3 Å². The van der Waals surface area contributed by atoms with Crippen LogP contribution in [-0.4, -0.2) is 53.3 Å². The molecule has 31 heavy (non-hydrogen) atoms. The van der Waals surface area contributed by atoms with Gasteiger partial charge in [-0.3, -0.25) is 4.98 Å². The summed E-state index contributed by atoms with van der Waals surface area (Å²) >= 11 is 1.45. The smallest absolute Gasteiger partial charge is 0.245 e. The van der Waals surface area contributed by atoms with Gasteiger partial charge in [0.05, 0.1) is 17.7 Å². The standard InChI is InChI=1S/C21H20N4O4S2/c1-13-11-25(12-14(2)28-13)31(26,27)18-9-8-17(20-21(18)24-29-23-20)30-16-7-3-5-15-6-4-10-22-19(15)16/h3-10,13-14H,11-12H2,1-2H3. The van der Waals surface area contributed by atoms with E-state index >= 15 is 0 Å². The van der Waals surface area contributed by atoms with E-state index in [4.69, 9.17) is 9.37 Å². The van der Waals surface area contributed by atoms with E-state index in [1.807, 2.05) is 44.2 Å². The molecule has 0 radical (unpaired) electrons. The summed E-state index contributed by atoms with van der Waals surface area (Å²) in [6.07, 6.45) is 1.39. The van der Waals surface area contributed by atoms with Crippen molar-refractivity contribution in [2.24, 2.45) is 0 Å². The third-order valence-electron chi connectivity index (χ3n) is 5.16. The van der Waals surface area contributed by atoms with Gasteiger partial charge in [0.15, 0.2) is 11.0 Å². The molecule has 160 valence electrons. The van der Waals surface area contributed by atoms with Crippen LogP contribution in [0.2, 0.25) is 0 Å². The van der Waals surface area contributed by atoms with E-state index in [-0.39, 0.29) is 35.7 Å². The normalized spacial score (nSPS) is 20.5. The number of ether oxygens (including phenoxy) is 1. The average molecular weight is 457 g/mol.